The minimum atomic E-state index is -0.451. The van der Waals surface area contributed by atoms with Crippen molar-refractivity contribution < 1.29 is 4.79 Å². The largest absolute Gasteiger partial charge is 0.322 e. The van der Waals surface area contributed by atoms with Gasteiger partial charge in [0.25, 0.3) is 11.5 Å². The molecular formula is C22H24N4O2. The number of likely N-dealkylation sites (tertiary alicyclic amines) is 1. The van der Waals surface area contributed by atoms with E-state index in [4.69, 9.17) is 0 Å². The first kappa shape index (κ1) is 18.4. The Morgan fingerprint density at radius 1 is 1.18 bits per heavy atom. The molecule has 0 radical (unpaired) electrons. The van der Waals surface area contributed by atoms with E-state index >= 15 is 0 Å². The van der Waals surface area contributed by atoms with E-state index in [2.05, 4.69) is 22.1 Å². The predicted molar refractivity (Wildman–Crippen MR) is 110 cm³/mol. The van der Waals surface area contributed by atoms with E-state index in [-0.39, 0.29) is 11.1 Å². The fraction of sp³-hybridized carbons (Fsp3) is 0.318. The second kappa shape index (κ2) is 7.94. The van der Waals surface area contributed by atoms with Crippen LogP contribution in [0.5, 0.6) is 0 Å². The van der Waals surface area contributed by atoms with Crippen molar-refractivity contribution in [3.05, 3.63) is 76.3 Å². The van der Waals surface area contributed by atoms with Gasteiger partial charge in [-0.15, -0.1) is 0 Å². The summed E-state index contributed by atoms with van der Waals surface area (Å²) in [7, 11) is 0. The van der Waals surface area contributed by atoms with Gasteiger partial charge in [0.15, 0.2) is 0 Å². The molecule has 1 aliphatic heterocycles. The van der Waals surface area contributed by atoms with E-state index in [9.17, 15) is 9.59 Å². The van der Waals surface area contributed by atoms with Gasteiger partial charge in [-0.05, 0) is 56.1 Å². The van der Waals surface area contributed by atoms with Gasteiger partial charge in [0, 0.05) is 30.7 Å². The normalized spacial score (nSPS) is 17.5. The third-order valence-electron chi connectivity index (χ3n) is 5.40. The molecule has 1 aromatic carbocycles. The molecule has 0 bridgehead atoms. The van der Waals surface area contributed by atoms with Gasteiger partial charge in [0.05, 0.1) is 0 Å². The van der Waals surface area contributed by atoms with Crippen LogP contribution in [-0.2, 0) is 6.54 Å². The molecule has 1 atom stereocenters. The number of aromatic nitrogens is 2. The Labute approximate surface area is 163 Å². The minimum absolute atomic E-state index is 0.0231. The smallest absolute Gasteiger partial charge is 0.270 e. The number of pyridine rings is 1. The first-order chi connectivity index (χ1) is 13.6. The number of rotatable bonds is 4. The van der Waals surface area contributed by atoms with Crippen LogP contribution in [-0.4, -0.2) is 32.8 Å². The van der Waals surface area contributed by atoms with Crippen LogP contribution in [0, 0.1) is 0 Å². The molecule has 1 N–H and O–H groups in total. The highest BCUT2D eigenvalue weighted by Gasteiger charge is 2.18. The first-order valence-corrected chi connectivity index (χ1v) is 9.72. The number of nitrogens with zero attached hydrogens (tertiary/aromatic N) is 3. The molecule has 0 aliphatic carbocycles. The highest BCUT2D eigenvalue weighted by atomic mass is 16.2. The molecular weight excluding hydrogens is 352 g/mol. The first-order valence-electron chi connectivity index (χ1n) is 9.72. The Morgan fingerprint density at radius 3 is 2.79 bits per heavy atom. The third kappa shape index (κ3) is 3.82. The Balaban J connectivity index is 1.46. The molecule has 2 aromatic heterocycles. The lowest BCUT2D eigenvalue weighted by Crippen LogP contribution is -2.36. The lowest BCUT2D eigenvalue weighted by Gasteiger charge is -2.33. The van der Waals surface area contributed by atoms with Crippen LogP contribution < -0.4 is 10.9 Å². The van der Waals surface area contributed by atoms with Crippen molar-refractivity contribution in [3.63, 3.8) is 0 Å². The molecule has 28 heavy (non-hydrogen) atoms. The average Bonchev–Trinajstić information content (AvgIpc) is 2.71. The summed E-state index contributed by atoms with van der Waals surface area (Å²) in [6.45, 7) is 4.34. The van der Waals surface area contributed by atoms with Crippen LogP contribution >= 0.6 is 0 Å². The van der Waals surface area contributed by atoms with Crippen LogP contribution in [0.15, 0.2) is 59.7 Å². The van der Waals surface area contributed by atoms with E-state index in [1.165, 1.54) is 35.4 Å². The summed E-state index contributed by atoms with van der Waals surface area (Å²) in [5.74, 6) is -0.451. The number of piperidine rings is 1. The number of hydrogen-bond acceptors (Lipinski definition) is 4. The number of hydrogen-bond donors (Lipinski definition) is 1. The van der Waals surface area contributed by atoms with Crippen molar-refractivity contribution in [2.24, 2.45) is 0 Å². The molecule has 1 amide bonds. The molecule has 3 aromatic rings. The van der Waals surface area contributed by atoms with Crippen LogP contribution in [0.25, 0.3) is 5.65 Å². The number of nitrogens with one attached hydrogen (secondary N) is 1. The van der Waals surface area contributed by atoms with E-state index < -0.39 is 5.91 Å². The Bertz CT molecular complexity index is 1040. The van der Waals surface area contributed by atoms with Crippen molar-refractivity contribution in [3.8, 4) is 0 Å². The van der Waals surface area contributed by atoms with E-state index in [1.807, 2.05) is 24.3 Å². The van der Waals surface area contributed by atoms with Gasteiger partial charge in [-0.25, -0.2) is 4.98 Å². The molecule has 6 heteroatoms. The Hall–Kier alpha value is -2.99. The maximum Gasteiger partial charge on any atom is 0.270 e. The van der Waals surface area contributed by atoms with Crippen LogP contribution in [0.3, 0.4) is 0 Å². The molecule has 0 saturated carbocycles. The molecule has 1 aliphatic rings. The fourth-order valence-corrected chi connectivity index (χ4v) is 3.70. The molecule has 144 valence electrons. The zero-order chi connectivity index (χ0) is 19.5. The average molecular weight is 376 g/mol. The lowest BCUT2D eigenvalue weighted by atomic mass is 10.0. The van der Waals surface area contributed by atoms with E-state index in [0.717, 1.165) is 13.1 Å². The van der Waals surface area contributed by atoms with Crippen molar-refractivity contribution in [2.75, 3.05) is 11.9 Å². The monoisotopic (exact) mass is 376 g/mol. The number of amides is 1. The van der Waals surface area contributed by atoms with Gasteiger partial charge in [-0.3, -0.25) is 18.9 Å². The predicted octanol–water partition coefficient (Wildman–Crippen LogP) is 3.32. The fourth-order valence-electron chi connectivity index (χ4n) is 3.70. The lowest BCUT2D eigenvalue weighted by molar-refractivity contribution is 0.102. The van der Waals surface area contributed by atoms with Crippen molar-refractivity contribution in [2.45, 2.75) is 38.8 Å². The molecule has 4 rings (SSSR count). The summed E-state index contributed by atoms with van der Waals surface area (Å²) < 4.78 is 1.37. The number of carbonyl (C=O) groups is 1. The Morgan fingerprint density at radius 2 is 2.00 bits per heavy atom. The number of anilines is 1. The van der Waals surface area contributed by atoms with Gasteiger partial charge >= 0.3 is 0 Å². The number of carbonyl (C=O) groups excluding carboxylic acids is 1. The van der Waals surface area contributed by atoms with Gasteiger partial charge < -0.3 is 5.32 Å². The van der Waals surface area contributed by atoms with Gasteiger partial charge in [-0.2, -0.15) is 0 Å². The molecule has 1 saturated heterocycles. The molecule has 1 fully saturated rings. The summed E-state index contributed by atoms with van der Waals surface area (Å²) in [4.78, 5) is 31.8. The highest BCUT2D eigenvalue weighted by Crippen LogP contribution is 2.20. The Kier molecular flexibility index (Phi) is 5.21. The number of fused-ring (bicyclic) bond motifs is 1. The second-order valence-electron chi connectivity index (χ2n) is 7.37. The molecule has 0 spiro atoms. The summed E-state index contributed by atoms with van der Waals surface area (Å²) >= 11 is 0. The van der Waals surface area contributed by atoms with Crippen LogP contribution in [0.2, 0.25) is 0 Å². The summed E-state index contributed by atoms with van der Waals surface area (Å²) in [6, 6.07) is 13.7. The third-order valence-corrected chi connectivity index (χ3v) is 5.40. The van der Waals surface area contributed by atoms with Crippen molar-refractivity contribution in [1.82, 2.24) is 14.3 Å². The van der Waals surface area contributed by atoms with Gasteiger partial charge in [0.1, 0.15) is 11.2 Å². The zero-order valence-corrected chi connectivity index (χ0v) is 16.0. The summed E-state index contributed by atoms with van der Waals surface area (Å²) in [5.41, 5.74) is 2.05. The zero-order valence-electron chi connectivity index (χ0n) is 16.0. The van der Waals surface area contributed by atoms with Crippen LogP contribution in [0.1, 0.15) is 42.1 Å². The quantitative estimate of drug-likeness (QED) is 0.759. The highest BCUT2D eigenvalue weighted by molar-refractivity contribution is 6.03. The molecule has 3 heterocycles. The van der Waals surface area contributed by atoms with Crippen LogP contribution in [0.4, 0.5) is 5.69 Å². The van der Waals surface area contributed by atoms with Crippen molar-refractivity contribution in [1.29, 1.82) is 0 Å². The maximum atomic E-state index is 12.6. The summed E-state index contributed by atoms with van der Waals surface area (Å²) in [5, 5.41) is 2.80. The van der Waals surface area contributed by atoms with E-state index in [0.29, 0.717) is 17.4 Å². The maximum absolute atomic E-state index is 12.6. The number of benzene rings is 1. The SMILES string of the molecule is C[C@@H]1CCCCN1Cc1ccc(NC(=O)c2cnc3ccccn3c2=O)cc1. The minimum Gasteiger partial charge on any atom is -0.322 e. The van der Waals surface area contributed by atoms with Crippen molar-refractivity contribution >= 4 is 17.2 Å². The second-order valence-corrected chi connectivity index (χ2v) is 7.37. The topological polar surface area (TPSA) is 66.7 Å². The summed E-state index contributed by atoms with van der Waals surface area (Å²) in [6.07, 6.45) is 6.76. The van der Waals surface area contributed by atoms with Gasteiger partial charge in [-0.1, -0.05) is 24.6 Å². The van der Waals surface area contributed by atoms with E-state index in [1.54, 1.807) is 24.4 Å². The molecule has 0 unspecified atom stereocenters. The standard InChI is InChI=1S/C22H24N4O2/c1-16-6-2-4-12-25(16)15-17-8-10-18(11-9-17)24-21(27)19-14-23-20-7-3-5-13-26(20)22(19)28/h3,5,7-11,13-14,16H,2,4,6,12,15H2,1H3,(H,24,27)/t16-/m1/s1. The van der Waals surface area contributed by atoms with Gasteiger partial charge in [0.2, 0.25) is 0 Å². The molecule has 6 nitrogen and oxygen atoms in total.